The number of benzene rings is 1. The largest absolute Gasteiger partial charge is 0.507 e. The number of nitrogens with one attached hydrogen (secondary N) is 2. The first-order valence-corrected chi connectivity index (χ1v) is 9.90. The molecular weight excluding hydrogens is 356 g/mol. The number of amides is 2. The Morgan fingerprint density at radius 2 is 2.04 bits per heavy atom. The predicted molar refractivity (Wildman–Crippen MR) is 108 cm³/mol. The Labute approximate surface area is 165 Å². The molecule has 1 aliphatic rings. The molecule has 0 atom stereocenters. The van der Waals surface area contributed by atoms with Gasteiger partial charge in [0.1, 0.15) is 5.75 Å². The van der Waals surface area contributed by atoms with Gasteiger partial charge in [-0.05, 0) is 49.4 Å². The number of carbonyl (C=O) groups is 2. The fourth-order valence-corrected chi connectivity index (χ4v) is 3.07. The first-order chi connectivity index (χ1) is 13.4. The van der Waals surface area contributed by atoms with Crippen LogP contribution in [0.25, 0.3) is 11.3 Å². The summed E-state index contributed by atoms with van der Waals surface area (Å²) in [4.78, 5) is 24.5. The van der Waals surface area contributed by atoms with E-state index in [2.05, 4.69) is 15.7 Å². The summed E-state index contributed by atoms with van der Waals surface area (Å²) in [6, 6.07) is 6.49. The molecule has 0 aliphatic heterocycles. The van der Waals surface area contributed by atoms with Crippen molar-refractivity contribution < 1.29 is 14.7 Å². The number of rotatable bonds is 7. The van der Waals surface area contributed by atoms with E-state index >= 15 is 0 Å². The highest BCUT2D eigenvalue weighted by Crippen LogP contribution is 2.42. The Morgan fingerprint density at radius 1 is 1.29 bits per heavy atom. The van der Waals surface area contributed by atoms with Crippen LogP contribution < -0.4 is 10.6 Å². The quantitative estimate of drug-likeness (QED) is 0.627. The highest BCUT2D eigenvalue weighted by molar-refractivity contribution is 5.92. The lowest BCUT2D eigenvalue weighted by Gasteiger charge is -2.09. The number of hydrogen-bond donors (Lipinski definition) is 3. The number of aromatic hydroxyl groups is 1. The molecule has 0 unspecified atom stereocenters. The van der Waals surface area contributed by atoms with Crippen molar-refractivity contribution in [1.29, 1.82) is 0 Å². The molecule has 1 fully saturated rings. The van der Waals surface area contributed by atoms with Gasteiger partial charge in [0.25, 0.3) is 0 Å². The molecule has 3 N–H and O–H groups in total. The average Bonchev–Trinajstić information content (AvgIpc) is 3.39. The standard InChI is InChI=1S/C21H28N4O3/c1-4-9-22-21(28)25-18(14-5-6-14)12-17(24-25)16-11-15(7-8-19(16)26)23-20(27)10-13(2)3/h7-8,11-14,26H,4-6,9-10H2,1-3H3,(H,22,28)(H,23,27). The number of carbonyl (C=O) groups excluding carboxylic acids is 2. The number of aromatic nitrogens is 2. The van der Waals surface area contributed by atoms with Crippen molar-refractivity contribution in [2.75, 3.05) is 11.9 Å². The van der Waals surface area contributed by atoms with Crippen molar-refractivity contribution in [3.63, 3.8) is 0 Å². The molecule has 2 amide bonds. The Morgan fingerprint density at radius 3 is 2.68 bits per heavy atom. The summed E-state index contributed by atoms with van der Waals surface area (Å²) in [5.41, 5.74) is 2.46. The molecule has 0 saturated heterocycles. The minimum atomic E-state index is -0.254. The van der Waals surface area contributed by atoms with E-state index in [9.17, 15) is 14.7 Å². The zero-order valence-corrected chi connectivity index (χ0v) is 16.7. The Bertz CT molecular complexity index is 869. The summed E-state index contributed by atoms with van der Waals surface area (Å²) < 4.78 is 1.41. The van der Waals surface area contributed by atoms with Crippen molar-refractivity contribution in [1.82, 2.24) is 15.1 Å². The fraction of sp³-hybridized carbons (Fsp3) is 0.476. The molecule has 1 aromatic carbocycles. The smallest absolute Gasteiger partial charge is 0.342 e. The summed E-state index contributed by atoms with van der Waals surface area (Å²) in [6.07, 6.45) is 3.33. The van der Waals surface area contributed by atoms with Gasteiger partial charge in [-0.25, -0.2) is 4.79 Å². The first kappa shape index (κ1) is 19.9. The Hall–Kier alpha value is -2.83. The molecule has 2 aromatic rings. The third-order valence-electron chi connectivity index (χ3n) is 4.60. The number of anilines is 1. The molecule has 1 saturated carbocycles. The normalized spacial score (nSPS) is 13.6. The van der Waals surface area contributed by atoms with Gasteiger partial charge in [-0.2, -0.15) is 9.78 Å². The highest BCUT2D eigenvalue weighted by atomic mass is 16.3. The highest BCUT2D eigenvalue weighted by Gasteiger charge is 2.30. The maximum atomic E-state index is 12.5. The molecule has 28 heavy (non-hydrogen) atoms. The molecule has 1 aromatic heterocycles. The third-order valence-corrected chi connectivity index (χ3v) is 4.60. The van der Waals surface area contributed by atoms with Crippen LogP contribution in [-0.2, 0) is 4.79 Å². The molecule has 7 heteroatoms. The SMILES string of the molecule is CCCNC(=O)n1nc(-c2cc(NC(=O)CC(C)C)ccc2O)cc1C1CC1. The first-order valence-electron chi connectivity index (χ1n) is 9.90. The number of hydrogen-bond acceptors (Lipinski definition) is 4. The van der Waals surface area contributed by atoms with Gasteiger partial charge in [0.15, 0.2) is 0 Å². The van der Waals surface area contributed by atoms with Crippen LogP contribution in [0.5, 0.6) is 5.75 Å². The van der Waals surface area contributed by atoms with E-state index in [1.807, 2.05) is 26.8 Å². The zero-order chi connectivity index (χ0) is 20.3. The molecule has 1 heterocycles. The molecular formula is C21H28N4O3. The molecule has 0 bridgehead atoms. The van der Waals surface area contributed by atoms with Crippen LogP contribution in [0.1, 0.15) is 58.1 Å². The maximum absolute atomic E-state index is 12.5. The van der Waals surface area contributed by atoms with Gasteiger partial charge in [-0.1, -0.05) is 20.8 Å². The lowest BCUT2D eigenvalue weighted by atomic mass is 10.1. The topological polar surface area (TPSA) is 96.3 Å². The Kier molecular flexibility index (Phi) is 6.02. The van der Waals surface area contributed by atoms with Crippen LogP contribution in [0.2, 0.25) is 0 Å². The van der Waals surface area contributed by atoms with Gasteiger partial charge in [-0.15, -0.1) is 0 Å². The van der Waals surface area contributed by atoms with E-state index in [4.69, 9.17) is 0 Å². The lowest BCUT2D eigenvalue weighted by Crippen LogP contribution is -2.31. The molecule has 7 nitrogen and oxygen atoms in total. The number of phenols is 1. The van der Waals surface area contributed by atoms with Crippen LogP contribution >= 0.6 is 0 Å². The van der Waals surface area contributed by atoms with Crippen LogP contribution in [0, 0.1) is 5.92 Å². The second kappa shape index (κ2) is 8.46. The van der Waals surface area contributed by atoms with Crippen LogP contribution in [0.3, 0.4) is 0 Å². The van der Waals surface area contributed by atoms with Crippen molar-refractivity contribution >= 4 is 17.6 Å². The summed E-state index contributed by atoms with van der Waals surface area (Å²) in [7, 11) is 0. The third kappa shape index (κ3) is 4.71. The van der Waals surface area contributed by atoms with Gasteiger partial charge in [-0.3, -0.25) is 4.79 Å². The van der Waals surface area contributed by atoms with Crippen molar-refractivity contribution in [2.24, 2.45) is 5.92 Å². The van der Waals surface area contributed by atoms with Crippen molar-refractivity contribution in [3.8, 4) is 17.0 Å². The minimum absolute atomic E-state index is 0.0582. The van der Waals surface area contributed by atoms with E-state index < -0.39 is 0 Å². The fourth-order valence-electron chi connectivity index (χ4n) is 3.07. The van der Waals surface area contributed by atoms with Gasteiger partial charge in [0.05, 0.1) is 11.4 Å². The second-order valence-corrected chi connectivity index (χ2v) is 7.75. The molecule has 1 aliphatic carbocycles. The molecule has 150 valence electrons. The predicted octanol–water partition coefficient (Wildman–Crippen LogP) is 4.09. The van der Waals surface area contributed by atoms with Crippen LogP contribution in [0.15, 0.2) is 24.3 Å². The molecule has 3 rings (SSSR count). The van der Waals surface area contributed by atoms with Crippen molar-refractivity contribution in [3.05, 3.63) is 30.0 Å². The van der Waals surface area contributed by atoms with Crippen molar-refractivity contribution in [2.45, 2.75) is 52.4 Å². The van der Waals surface area contributed by atoms with Gasteiger partial charge >= 0.3 is 6.03 Å². The second-order valence-electron chi connectivity index (χ2n) is 7.75. The minimum Gasteiger partial charge on any atom is -0.507 e. The summed E-state index contributed by atoms with van der Waals surface area (Å²) in [6.45, 7) is 6.55. The average molecular weight is 384 g/mol. The summed E-state index contributed by atoms with van der Waals surface area (Å²) in [5, 5.41) is 20.5. The number of nitrogens with zero attached hydrogens (tertiary/aromatic N) is 2. The van der Waals surface area contributed by atoms with Gasteiger partial charge in [0.2, 0.25) is 5.91 Å². The monoisotopic (exact) mass is 384 g/mol. The molecule has 0 spiro atoms. The maximum Gasteiger partial charge on any atom is 0.342 e. The van der Waals surface area contributed by atoms with Gasteiger partial charge < -0.3 is 15.7 Å². The van der Waals surface area contributed by atoms with Gasteiger partial charge in [0, 0.05) is 30.1 Å². The Balaban J connectivity index is 1.89. The van der Waals surface area contributed by atoms with Crippen LogP contribution in [0.4, 0.5) is 10.5 Å². The van der Waals surface area contributed by atoms with E-state index in [0.29, 0.717) is 35.8 Å². The number of phenolic OH excluding ortho intramolecular Hbond substituents is 1. The lowest BCUT2D eigenvalue weighted by molar-refractivity contribution is -0.116. The summed E-state index contributed by atoms with van der Waals surface area (Å²) >= 11 is 0. The van der Waals surface area contributed by atoms with E-state index in [1.165, 1.54) is 10.7 Å². The van der Waals surface area contributed by atoms with E-state index in [-0.39, 0.29) is 23.6 Å². The van der Waals surface area contributed by atoms with E-state index in [0.717, 1.165) is 25.0 Å². The van der Waals surface area contributed by atoms with E-state index in [1.54, 1.807) is 12.1 Å². The molecule has 0 radical (unpaired) electrons. The zero-order valence-electron chi connectivity index (χ0n) is 16.7. The van der Waals surface area contributed by atoms with Crippen LogP contribution in [-0.4, -0.2) is 33.4 Å². The summed E-state index contributed by atoms with van der Waals surface area (Å²) in [5.74, 6) is 0.567.